The first-order chi connectivity index (χ1) is 15.3. The summed E-state index contributed by atoms with van der Waals surface area (Å²) in [6.07, 6.45) is 4.31. The predicted molar refractivity (Wildman–Crippen MR) is 114 cm³/mol. The number of allylic oxidation sites excluding steroid dienone is 5. The van der Waals surface area contributed by atoms with Gasteiger partial charge in [-0.05, 0) is 25.2 Å². The van der Waals surface area contributed by atoms with E-state index in [0.717, 1.165) is 6.20 Å². The molecule has 1 N–H and O–H groups in total. The zero-order valence-electron chi connectivity index (χ0n) is 16.7. The number of hydrogen-bond donors (Lipinski definition) is 1. The smallest absolute Gasteiger partial charge is 0.283 e. The average Bonchev–Trinajstić information content (AvgIpc) is 3.10. The molecule has 2 aromatic heterocycles. The van der Waals surface area contributed by atoms with Gasteiger partial charge in [0.05, 0.1) is 23.7 Å². The molecule has 0 radical (unpaired) electrons. The second kappa shape index (κ2) is 8.61. The van der Waals surface area contributed by atoms with Gasteiger partial charge in [0.2, 0.25) is 0 Å². The predicted octanol–water partition coefficient (Wildman–Crippen LogP) is 3.99. The molecule has 1 aliphatic carbocycles. The maximum Gasteiger partial charge on any atom is 0.283 e. The van der Waals surface area contributed by atoms with E-state index >= 15 is 0 Å². The van der Waals surface area contributed by atoms with E-state index in [1.54, 1.807) is 42.2 Å². The van der Waals surface area contributed by atoms with E-state index in [2.05, 4.69) is 15.1 Å². The molecule has 0 unspecified atom stereocenters. The van der Waals surface area contributed by atoms with Gasteiger partial charge in [0.15, 0.2) is 5.65 Å². The van der Waals surface area contributed by atoms with E-state index in [0.29, 0.717) is 33.4 Å². The number of aryl methyl sites for hydroxylation is 1. The fourth-order valence-electron chi connectivity index (χ4n) is 3.55. The molecule has 11 heteroatoms. The Kier molecular flexibility index (Phi) is 5.86. The van der Waals surface area contributed by atoms with Crippen LogP contribution in [0.3, 0.4) is 0 Å². The second-order valence-electron chi connectivity index (χ2n) is 7.15. The lowest BCUT2D eigenvalue weighted by molar-refractivity contribution is 0.139. The Morgan fingerprint density at radius 2 is 2.12 bits per heavy atom. The van der Waals surface area contributed by atoms with Gasteiger partial charge in [0.25, 0.3) is 6.43 Å². The van der Waals surface area contributed by atoms with E-state index in [1.807, 2.05) is 0 Å². The maximum absolute atomic E-state index is 13.5. The minimum Gasteiger partial charge on any atom is -0.389 e. The van der Waals surface area contributed by atoms with Gasteiger partial charge in [-0.3, -0.25) is 4.99 Å². The molecule has 0 spiro atoms. The molecular formula is C21H16ClF3N6O. The van der Waals surface area contributed by atoms with Gasteiger partial charge in [0.1, 0.15) is 29.5 Å². The number of hydrogen-bond acceptors (Lipinski definition) is 6. The average molecular weight is 461 g/mol. The molecular weight excluding hydrogens is 445 g/mol. The maximum atomic E-state index is 13.5. The second-order valence-corrected chi connectivity index (χ2v) is 7.59. The first kappa shape index (κ1) is 21.8. The van der Waals surface area contributed by atoms with Crippen molar-refractivity contribution >= 4 is 34.9 Å². The summed E-state index contributed by atoms with van der Waals surface area (Å²) in [6, 6.07) is 1.77. The van der Waals surface area contributed by atoms with Crippen LogP contribution in [0, 0.1) is 18.3 Å². The Bertz CT molecular complexity index is 1280. The number of aliphatic hydroxyl groups excluding tert-OH is 1. The SMILES string of the molecule is Cc1nc2c(C#N)c(C(F)F)nn2c(N2CC(O)C2)c1\C=C1/C=CC(Cl)=C/C1=N\C=C\F. The Morgan fingerprint density at radius 3 is 2.75 bits per heavy atom. The molecule has 2 aliphatic rings. The van der Waals surface area contributed by atoms with E-state index < -0.39 is 18.2 Å². The number of anilines is 1. The summed E-state index contributed by atoms with van der Waals surface area (Å²) in [5.74, 6) is 0.406. The minimum atomic E-state index is -2.96. The molecule has 7 nitrogen and oxygen atoms in total. The largest absolute Gasteiger partial charge is 0.389 e. The lowest BCUT2D eigenvalue weighted by Crippen LogP contribution is -2.52. The van der Waals surface area contributed by atoms with Crippen molar-refractivity contribution in [2.75, 3.05) is 18.0 Å². The van der Waals surface area contributed by atoms with Crippen LogP contribution in [0.5, 0.6) is 0 Å². The van der Waals surface area contributed by atoms with Crippen molar-refractivity contribution in [3.05, 3.63) is 63.9 Å². The molecule has 0 bridgehead atoms. The fourth-order valence-corrected chi connectivity index (χ4v) is 3.71. The van der Waals surface area contributed by atoms with Crippen LogP contribution in [0.4, 0.5) is 19.0 Å². The van der Waals surface area contributed by atoms with Crippen molar-refractivity contribution in [2.24, 2.45) is 4.99 Å². The lowest BCUT2D eigenvalue weighted by atomic mass is 10.0. The molecule has 164 valence electrons. The summed E-state index contributed by atoms with van der Waals surface area (Å²) < 4.78 is 40.8. The molecule has 1 saturated heterocycles. The van der Waals surface area contributed by atoms with E-state index in [-0.39, 0.29) is 30.6 Å². The van der Waals surface area contributed by atoms with Gasteiger partial charge in [-0.25, -0.2) is 18.2 Å². The highest BCUT2D eigenvalue weighted by molar-refractivity contribution is 6.35. The van der Waals surface area contributed by atoms with Crippen LogP contribution >= 0.6 is 11.6 Å². The van der Waals surface area contributed by atoms with Crippen molar-refractivity contribution in [1.29, 1.82) is 5.26 Å². The number of halogens is 4. The molecule has 3 heterocycles. The third-order valence-corrected chi connectivity index (χ3v) is 5.27. The number of alkyl halides is 2. The number of aliphatic imine (C=N–C) groups is 1. The number of aliphatic hydroxyl groups is 1. The van der Waals surface area contributed by atoms with E-state index in [4.69, 9.17) is 11.6 Å². The highest BCUT2D eigenvalue weighted by Crippen LogP contribution is 2.34. The summed E-state index contributed by atoms with van der Waals surface area (Å²) in [6.45, 7) is 2.19. The Morgan fingerprint density at radius 1 is 1.38 bits per heavy atom. The van der Waals surface area contributed by atoms with Crippen molar-refractivity contribution in [3.63, 3.8) is 0 Å². The standard InChI is InChI=1S/C21H16ClF3N6O/c1-11-15(6-12-2-3-13(22)7-17(12)27-5-4-23)21(30-9-14(32)10-30)31-20(28-11)16(8-26)18(29-31)19(24)25/h2-7,14,19,32H,9-10H2,1H3/b5-4+,12-6+,27-17+. The number of nitrogens with zero attached hydrogens (tertiary/aromatic N) is 6. The number of aromatic nitrogens is 3. The zero-order valence-corrected chi connectivity index (χ0v) is 17.4. The third-order valence-electron chi connectivity index (χ3n) is 5.04. The molecule has 32 heavy (non-hydrogen) atoms. The first-order valence-electron chi connectivity index (χ1n) is 9.49. The van der Waals surface area contributed by atoms with Gasteiger partial charge in [-0.1, -0.05) is 17.7 Å². The van der Waals surface area contributed by atoms with E-state index in [9.17, 15) is 23.5 Å². The quantitative estimate of drug-likeness (QED) is 0.745. The van der Waals surface area contributed by atoms with Crippen LogP contribution in [0.25, 0.3) is 11.7 Å². The molecule has 0 saturated carbocycles. The van der Waals surface area contributed by atoms with Crippen molar-refractivity contribution in [3.8, 4) is 6.07 Å². The summed E-state index contributed by atoms with van der Waals surface area (Å²) in [4.78, 5) is 10.2. The van der Waals surface area contributed by atoms with Gasteiger partial charge < -0.3 is 10.0 Å². The Hall–Kier alpha value is -3.42. The molecule has 1 aliphatic heterocycles. The molecule has 0 aromatic carbocycles. The Labute approximate surface area is 185 Å². The van der Waals surface area contributed by atoms with Crippen LogP contribution in [-0.2, 0) is 0 Å². The summed E-state index contributed by atoms with van der Waals surface area (Å²) in [5.41, 5.74) is 0.984. The number of fused-ring (bicyclic) bond motifs is 1. The van der Waals surface area contributed by atoms with Gasteiger partial charge in [-0.15, -0.1) is 0 Å². The van der Waals surface area contributed by atoms with Gasteiger partial charge in [0, 0.05) is 29.3 Å². The Balaban J connectivity index is 1.98. The lowest BCUT2D eigenvalue weighted by Gasteiger charge is -2.38. The molecule has 4 rings (SSSR count). The minimum absolute atomic E-state index is 0.00946. The highest BCUT2D eigenvalue weighted by atomic mass is 35.5. The molecule has 0 amide bonds. The highest BCUT2D eigenvalue weighted by Gasteiger charge is 2.32. The topological polar surface area (TPSA) is 89.8 Å². The van der Waals surface area contributed by atoms with Gasteiger partial charge >= 0.3 is 0 Å². The number of rotatable bonds is 4. The van der Waals surface area contributed by atoms with E-state index in [1.165, 1.54) is 4.52 Å². The third kappa shape index (κ3) is 3.81. The van der Waals surface area contributed by atoms with Crippen LogP contribution in [0.15, 0.2) is 46.4 Å². The van der Waals surface area contributed by atoms with Crippen molar-refractivity contribution in [1.82, 2.24) is 14.6 Å². The summed E-state index contributed by atoms with van der Waals surface area (Å²) >= 11 is 6.05. The normalized spacial score (nSPS) is 19.4. The van der Waals surface area contributed by atoms with Crippen LogP contribution < -0.4 is 4.90 Å². The number of nitriles is 1. The molecule has 0 atom stereocenters. The monoisotopic (exact) mass is 460 g/mol. The van der Waals surface area contributed by atoms with Crippen molar-refractivity contribution in [2.45, 2.75) is 19.5 Å². The number of β-amino-alcohol motifs (C(OH)–C–C–N with tert-alkyl or cyclic N) is 1. The summed E-state index contributed by atoms with van der Waals surface area (Å²) in [7, 11) is 0. The van der Waals surface area contributed by atoms with Crippen LogP contribution in [0.2, 0.25) is 0 Å². The van der Waals surface area contributed by atoms with Crippen LogP contribution in [-0.4, -0.2) is 44.6 Å². The zero-order chi connectivity index (χ0) is 23.0. The summed E-state index contributed by atoms with van der Waals surface area (Å²) in [5, 5.41) is 23.6. The first-order valence-corrected chi connectivity index (χ1v) is 9.86. The molecule has 1 fully saturated rings. The van der Waals surface area contributed by atoms with Gasteiger partial charge in [-0.2, -0.15) is 14.9 Å². The molecule has 2 aromatic rings. The van der Waals surface area contributed by atoms with Crippen molar-refractivity contribution < 1.29 is 18.3 Å². The van der Waals surface area contributed by atoms with Crippen LogP contribution in [0.1, 0.15) is 28.9 Å². The fraction of sp³-hybridized carbons (Fsp3) is 0.238.